The maximum Gasteiger partial charge on any atom is 0.322 e. The van der Waals surface area contributed by atoms with Crippen molar-refractivity contribution in [1.29, 1.82) is 0 Å². The lowest BCUT2D eigenvalue weighted by Gasteiger charge is -2.22. The molecule has 1 saturated heterocycles. The molecule has 21 heavy (non-hydrogen) atoms. The van der Waals surface area contributed by atoms with Crippen LogP contribution in [0, 0.1) is 5.41 Å². The molecular weight excluding hydrogens is 290 g/mol. The first-order chi connectivity index (χ1) is 10.1. The molecule has 1 aliphatic heterocycles. The van der Waals surface area contributed by atoms with Gasteiger partial charge in [0.15, 0.2) is 5.41 Å². The first kappa shape index (κ1) is 14.4. The SMILES string of the molecule is COC(=O)[C@]1(C(=O)N2CCCC2)C[C@@H]1c1ccccc1Cl. The number of methoxy groups -OCH3 is 1. The fourth-order valence-corrected chi connectivity index (χ4v) is 3.60. The molecule has 0 unspecified atom stereocenters. The molecule has 1 heterocycles. The van der Waals surface area contributed by atoms with E-state index in [0.29, 0.717) is 11.4 Å². The Kier molecular flexibility index (Phi) is 3.66. The van der Waals surface area contributed by atoms with Crippen LogP contribution >= 0.6 is 11.6 Å². The molecule has 112 valence electrons. The second-order valence-electron chi connectivity index (χ2n) is 5.74. The highest BCUT2D eigenvalue weighted by Gasteiger charge is 2.68. The van der Waals surface area contributed by atoms with E-state index in [9.17, 15) is 9.59 Å². The summed E-state index contributed by atoms with van der Waals surface area (Å²) in [5, 5.41) is 0.600. The number of carbonyl (C=O) groups is 2. The van der Waals surface area contributed by atoms with Crippen molar-refractivity contribution < 1.29 is 14.3 Å². The summed E-state index contributed by atoms with van der Waals surface area (Å²) in [6.07, 6.45) is 2.48. The number of carbonyl (C=O) groups excluding carboxylic acids is 2. The predicted molar refractivity (Wildman–Crippen MR) is 79.1 cm³/mol. The van der Waals surface area contributed by atoms with E-state index in [0.717, 1.165) is 31.5 Å². The number of esters is 1. The Morgan fingerprint density at radius 3 is 2.57 bits per heavy atom. The quantitative estimate of drug-likeness (QED) is 0.637. The van der Waals surface area contributed by atoms with Crippen LogP contribution in [0.5, 0.6) is 0 Å². The van der Waals surface area contributed by atoms with Gasteiger partial charge in [0.05, 0.1) is 7.11 Å². The number of hydrogen-bond donors (Lipinski definition) is 0. The zero-order valence-electron chi connectivity index (χ0n) is 12.0. The van der Waals surface area contributed by atoms with Crippen LogP contribution in [-0.2, 0) is 14.3 Å². The minimum Gasteiger partial charge on any atom is -0.468 e. The number of ether oxygens (including phenoxy) is 1. The molecular formula is C16H18ClNO3. The van der Waals surface area contributed by atoms with Crippen molar-refractivity contribution in [1.82, 2.24) is 4.90 Å². The highest BCUT2D eigenvalue weighted by atomic mass is 35.5. The van der Waals surface area contributed by atoms with Crippen LogP contribution < -0.4 is 0 Å². The van der Waals surface area contributed by atoms with E-state index < -0.39 is 11.4 Å². The lowest BCUT2D eigenvalue weighted by molar-refractivity contribution is -0.155. The van der Waals surface area contributed by atoms with Gasteiger partial charge in [0.25, 0.3) is 0 Å². The second-order valence-corrected chi connectivity index (χ2v) is 6.15. The number of nitrogens with zero attached hydrogens (tertiary/aromatic N) is 1. The molecule has 4 nitrogen and oxygen atoms in total. The minimum atomic E-state index is -1.07. The van der Waals surface area contributed by atoms with Gasteiger partial charge in [-0.1, -0.05) is 29.8 Å². The van der Waals surface area contributed by atoms with Crippen LogP contribution in [0.3, 0.4) is 0 Å². The van der Waals surface area contributed by atoms with Gasteiger partial charge in [-0.25, -0.2) is 0 Å². The summed E-state index contributed by atoms with van der Waals surface area (Å²) >= 11 is 6.22. The Morgan fingerprint density at radius 2 is 1.95 bits per heavy atom. The first-order valence-corrected chi connectivity index (χ1v) is 7.61. The van der Waals surface area contributed by atoms with Gasteiger partial charge in [0, 0.05) is 24.0 Å². The number of rotatable bonds is 3. The first-order valence-electron chi connectivity index (χ1n) is 7.23. The molecule has 2 fully saturated rings. The molecule has 1 amide bonds. The Morgan fingerprint density at radius 1 is 1.29 bits per heavy atom. The zero-order chi connectivity index (χ0) is 15.0. The van der Waals surface area contributed by atoms with Gasteiger partial charge in [-0.3, -0.25) is 9.59 Å². The van der Waals surface area contributed by atoms with Crippen LogP contribution in [0.15, 0.2) is 24.3 Å². The maximum atomic E-state index is 12.8. The van der Waals surface area contributed by atoms with Gasteiger partial charge >= 0.3 is 5.97 Å². The molecule has 0 aromatic heterocycles. The van der Waals surface area contributed by atoms with Gasteiger partial charge in [0.2, 0.25) is 5.91 Å². The minimum absolute atomic E-state index is 0.100. The lowest BCUT2D eigenvalue weighted by atomic mass is 9.97. The van der Waals surface area contributed by atoms with Crippen LogP contribution in [0.25, 0.3) is 0 Å². The van der Waals surface area contributed by atoms with Gasteiger partial charge in [-0.05, 0) is 30.9 Å². The summed E-state index contributed by atoms with van der Waals surface area (Å²) in [7, 11) is 1.34. The summed E-state index contributed by atoms with van der Waals surface area (Å²) in [5.41, 5.74) is -0.207. The summed E-state index contributed by atoms with van der Waals surface area (Å²) in [4.78, 5) is 26.9. The van der Waals surface area contributed by atoms with Crippen LogP contribution in [0.2, 0.25) is 5.02 Å². The lowest BCUT2D eigenvalue weighted by Crippen LogP contribution is -2.40. The van der Waals surface area contributed by atoms with E-state index >= 15 is 0 Å². The highest BCUT2D eigenvalue weighted by Crippen LogP contribution is 2.62. The van der Waals surface area contributed by atoms with E-state index in [-0.39, 0.29) is 11.8 Å². The van der Waals surface area contributed by atoms with E-state index in [1.54, 1.807) is 11.0 Å². The molecule has 3 rings (SSSR count). The van der Waals surface area contributed by atoms with Crippen LogP contribution in [0.4, 0.5) is 0 Å². The molecule has 2 atom stereocenters. The number of hydrogen-bond acceptors (Lipinski definition) is 3. The third-order valence-electron chi connectivity index (χ3n) is 4.57. The van der Waals surface area contributed by atoms with Gasteiger partial charge < -0.3 is 9.64 Å². The van der Waals surface area contributed by atoms with Crippen molar-refractivity contribution in [2.24, 2.45) is 5.41 Å². The normalized spacial score (nSPS) is 27.5. The Balaban J connectivity index is 1.92. The number of amides is 1. The third kappa shape index (κ3) is 2.22. The monoisotopic (exact) mass is 307 g/mol. The summed E-state index contributed by atoms with van der Waals surface area (Å²) in [6.45, 7) is 1.46. The Labute approximate surface area is 129 Å². The maximum absolute atomic E-state index is 12.8. The fourth-order valence-electron chi connectivity index (χ4n) is 3.33. The zero-order valence-corrected chi connectivity index (χ0v) is 12.7. The predicted octanol–water partition coefficient (Wildman–Crippen LogP) is 2.61. The van der Waals surface area contributed by atoms with Crippen LogP contribution in [-0.4, -0.2) is 37.0 Å². The number of benzene rings is 1. The Bertz CT molecular complexity index is 583. The van der Waals surface area contributed by atoms with Gasteiger partial charge in [-0.15, -0.1) is 0 Å². The summed E-state index contributed by atoms with van der Waals surface area (Å²) in [6, 6.07) is 7.39. The molecule has 1 aliphatic carbocycles. The highest BCUT2D eigenvalue weighted by molar-refractivity contribution is 6.31. The molecule has 0 radical (unpaired) electrons. The fraction of sp³-hybridized carbons (Fsp3) is 0.500. The number of likely N-dealkylation sites (tertiary alicyclic amines) is 1. The van der Waals surface area contributed by atoms with Crippen molar-refractivity contribution in [2.75, 3.05) is 20.2 Å². The molecule has 0 bridgehead atoms. The number of halogens is 1. The van der Waals surface area contributed by atoms with Crippen LogP contribution in [0.1, 0.15) is 30.7 Å². The van der Waals surface area contributed by atoms with Crippen molar-refractivity contribution >= 4 is 23.5 Å². The molecule has 1 aromatic carbocycles. The smallest absolute Gasteiger partial charge is 0.322 e. The second kappa shape index (κ2) is 5.34. The van der Waals surface area contributed by atoms with Crippen molar-refractivity contribution in [3.8, 4) is 0 Å². The van der Waals surface area contributed by atoms with Crippen molar-refractivity contribution in [2.45, 2.75) is 25.2 Å². The van der Waals surface area contributed by atoms with Crippen molar-refractivity contribution in [3.63, 3.8) is 0 Å². The van der Waals surface area contributed by atoms with Crippen molar-refractivity contribution in [3.05, 3.63) is 34.9 Å². The molecule has 2 aliphatic rings. The van der Waals surface area contributed by atoms with Gasteiger partial charge in [0.1, 0.15) is 0 Å². The van der Waals surface area contributed by atoms with E-state index in [1.165, 1.54) is 7.11 Å². The molecule has 0 N–H and O–H groups in total. The third-order valence-corrected chi connectivity index (χ3v) is 4.91. The standard InChI is InChI=1S/C16H18ClNO3/c1-21-15(20)16(14(19)18-8-4-5-9-18)10-12(16)11-6-2-3-7-13(11)17/h2-3,6-7,12H,4-5,8-10H2,1H3/t12-,16-/m1/s1. The molecule has 1 aromatic rings. The Hall–Kier alpha value is -1.55. The topological polar surface area (TPSA) is 46.6 Å². The average Bonchev–Trinajstić information content (AvgIpc) is 3.01. The summed E-state index contributed by atoms with van der Waals surface area (Å²) < 4.78 is 4.92. The van der Waals surface area contributed by atoms with Gasteiger partial charge in [-0.2, -0.15) is 0 Å². The van der Waals surface area contributed by atoms with E-state index in [2.05, 4.69) is 0 Å². The largest absolute Gasteiger partial charge is 0.468 e. The van der Waals surface area contributed by atoms with E-state index in [4.69, 9.17) is 16.3 Å². The average molecular weight is 308 g/mol. The molecule has 5 heteroatoms. The molecule has 0 spiro atoms. The molecule has 1 saturated carbocycles. The summed E-state index contributed by atoms with van der Waals surface area (Å²) in [5.74, 6) is -0.715. The van der Waals surface area contributed by atoms with E-state index in [1.807, 2.05) is 18.2 Å².